The van der Waals surface area contributed by atoms with Gasteiger partial charge in [-0.1, -0.05) is 0 Å². The topological polar surface area (TPSA) is 142 Å². The lowest BCUT2D eigenvalue weighted by Crippen LogP contribution is -2.55. The minimum Gasteiger partial charge on any atom is -0.394 e. The van der Waals surface area contributed by atoms with Crippen LogP contribution in [0.25, 0.3) is 11.2 Å². The molecule has 1 amide bonds. The van der Waals surface area contributed by atoms with Crippen molar-refractivity contribution >= 4 is 23.0 Å². The number of aromatic nitrogens is 4. The first kappa shape index (κ1) is 14.5. The Morgan fingerprint density at radius 1 is 1.55 bits per heavy atom. The van der Waals surface area contributed by atoms with E-state index in [9.17, 15) is 14.7 Å². The number of H-pyrrole nitrogens is 1. The summed E-state index contributed by atoms with van der Waals surface area (Å²) in [7, 11) is 0. The van der Waals surface area contributed by atoms with Gasteiger partial charge in [0.05, 0.1) is 19.0 Å². The Bertz CT molecular complexity index is 753. The molecule has 10 heteroatoms. The van der Waals surface area contributed by atoms with Gasteiger partial charge >= 0.3 is 0 Å². The number of imidazole rings is 1. The molecule has 10 nitrogen and oxygen atoms in total. The van der Waals surface area contributed by atoms with E-state index in [0.717, 1.165) is 0 Å². The van der Waals surface area contributed by atoms with Crippen LogP contribution in [0.2, 0.25) is 0 Å². The first-order valence-electron chi connectivity index (χ1n) is 6.92. The Morgan fingerprint density at radius 3 is 3.14 bits per heavy atom. The second-order valence-corrected chi connectivity index (χ2v) is 5.12. The minimum absolute atomic E-state index is 0.0110. The van der Waals surface area contributed by atoms with E-state index in [2.05, 4.69) is 20.3 Å². The fraction of sp³-hybridized carbons (Fsp3) is 0.500. The molecule has 1 atom stereocenters. The van der Waals surface area contributed by atoms with Crippen molar-refractivity contribution in [2.75, 3.05) is 32.0 Å². The number of carbonyl (C=O) groups is 1. The molecule has 0 aromatic carbocycles. The summed E-state index contributed by atoms with van der Waals surface area (Å²) in [6.07, 6.45) is 1.39. The molecule has 0 bridgehead atoms. The Morgan fingerprint density at radius 2 is 2.36 bits per heavy atom. The van der Waals surface area contributed by atoms with Gasteiger partial charge in [-0.25, -0.2) is 4.98 Å². The number of fused-ring (bicyclic) bond motifs is 1. The SMILES string of the molecule is Nc1nc2c(ncn2CC(=O)N2CCNCC2CO)c(=O)[nH]1. The lowest BCUT2D eigenvalue weighted by Gasteiger charge is -2.35. The third kappa shape index (κ3) is 2.53. The fourth-order valence-electron chi connectivity index (χ4n) is 2.58. The third-order valence-electron chi connectivity index (χ3n) is 3.68. The molecule has 1 saturated heterocycles. The number of piperazine rings is 1. The van der Waals surface area contributed by atoms with Gasteiger partial charge in [0.1, 0.15) is 6.54 Å². The van der Waals surface area contributed by atoms with Crippen molar-refractivity contribution in [3.05, 3.63) is 16.7 Å². The number of hydrogen-bond donors (Lipinski definition) is 4. The summed E-state index contributed by atoms with van der Waals surface area (Å²) in [6.45, 7) is 1.64. The van der Waals surface area contributed by atoms with Crippen LogP contribution in [0.1, 0.15) is 0 Å². The lowest BCUT2D eigenvalue weighted by atomic mass is 10.2. The van der Waals surface area contributed by atoms with E-state index in [1.54, 1.807) is 4.90 Å². The normalized spacial score (nSPS) is 18.8. The van der Waals surface area contributed by atoms with Crippen LogP contribution in [0.4, 0.5) is 5.95 Å². The second-order valence-electron chi connectivity index (χ2n) is 5.12. The first-order valence-corrected chi connectivity index (χ1v) is 6.92. The molecule has 118 valence electrons. The van der Waals surface area contributed by atoms with Crippen molar-refractivity contribution in [3.8, 4) is 0 Å². The van der Waals surface area contributed by atoms with Crippen molar-refractivity contribution in [3.63, 3.8) is 0 Å². The molecule has 5 N–H and O–H groups in total. The molecule has 1 unspecified atom stereocenters. The fourth-order valence-corrected chi connectivity index (χ4v) is 2.58. The van der Waals surface area contributed by atoms with Gasteiger partial charge in [0.15, 0.2) is 11.2 Å². The largest absolute Gasteiger partial charge is 0.394 e. The highest BCUT2D eigenvalue weighted by Gasteiger charge is 2.26. The Kier molecular flexibility index (Phi) is 3.77. The zero-order valence-electron chi connectivity index (χ0n) is 11.8. The van der Waals surface area contributed by atoms with Crippen LogP contribution >= 0.6 is 0 Å². The van der Waals surface area contributed by atoms with E-state index in [1.165, 1.54) is 10.9 Å². The number of nitrogens with two attached hydrogens (primary N) is 1. The van der Waals surface area contributed by atoms with Crippen molar-refractivity contribution in [1.29, 1.82) is 0 Å². The molecule has 0 saturated carbocycles. The number of aromatic amines is 1. The van der Waals surface area contributed by atoms with Gasteiger partial charge in [-0.2, -0.15) is 4.98 Å². The van der Waals surface area contributed by atoms with Crippen LogP contribution in [-0.2, 0) is 11.3 Å². The summed E-state index contributed by atoms with van der Waals surface area (Å²) in [6, 6.07) is -0.252. The van der Waals surface area contributed by atoms with Gasteiger partial charge < -0.3 is 25.6 Å². The highest BCUT2D eigenvalue weighted by Crippen LogP contribution is 2.09. The van der Waals surface area contributed by atoms with Crippen LogP contribution in [0.15, 0.2) is 11.1 Å². The minimum atomic E-state index is -0.441. The van der Waals surface area contributed by atoms with Gasteiger partial charge in [0.25, 0.3) is 5.56 Å². The molecule has 3 rings (SSSR count). The molecule has 1 aliphatic heterocycles. The average molecular weight is 307 g/mol. The monoisotopic (exact) mass is 307 g/mol. The molecule has 2 aromatic heterocycles. The second kappa shape index (κ2) is 5.73. The van der Waals surface area contributed by atoms with Crippen LogP contribution in [0.3, 0.4) is 0 Å². The molecular formula is C12H17N7O3. The van der Waals surface area contributed by atoms with E-state index in [1.807, 2.05) is 0 Å². The number of aliphatic hydroxyl groups is 1. The molecule has 0 spiro atoms. The van der Waals surface area contributed by atoms with Crippen LogP contribution in [0, 0.1) is 0 Å². The number of rotatable bonds is 3. The standard InChI is InChI=1S/C12H17N7O3/c13-12-16-10-9(11(22)17-12)15-6-18(10)4-8(21)19-2-1-14-3-7(19)5-20/h6-7,14,20H,1-5H2,(H3,13,16,17,22). The maximum Gasteiger partial charge on any atom is 0.280 e. The molecule has 22 heavy (non-hydrogen) atoms. The first-order chi connectivity index (χ1) is 10.6. The van der Waals surface area contributed by atoms with Gasteiger partial charge in [0.2, 0.25) is 11.9 Å². The number of anilines is 1. The van der Waals surface area contributed by atoms with Crippen molar-refractivity contribution in [1.82, 2.24) is 29.7 Å². The predicted molar refractivity (Wildman–Crippen MR) is 78.0 cm³/mol. The Labute approximate surface area is 125 Å². The summed E-state index contributed by atoms with van der Waals surface area (Å²) >= 11 is 0. The maximum absolute atomic E-state index is 12.4. The lowest BCUT2D eigenvalue weighted by molar-refractivity contribution is -0.135. The number of carbonyl (C=O) groups excluding carboxylic acids is 1. The number of aliphatic hydroxyl groups excluding tert-OH is 1. The summed E-state index contributed by atoms with van der Waals surface area (Å²) < 4.78 is 1.49. The summed E-state index contributed by atoms with van der Waals surface area (Å²) in [5.74, 6) is -0.192. The van der Waals surface area contributed by atoms with Crippen LogP contribution in [-0.4, -0.2) is 67.7 Å². The van der Waals surface area contributed by atoms with E-state index in [-0.39, 0.29) is 42.2 Å². The van der Waals surface area contributed by atoms with E-state index >= 15 is 0 Å². The highest BCUT2D eigenvalue weighted by molar-refractivity contribution is 5.79. The summed E-state index contributed by atoms with van der Waals surface area (Å²) in [5, 5.41) is 12.5. The molecule has 1 aliphatic rings. The highest BCUT2D eigenvalue weighted by atomic mass is 16.3. The van der Waals surface area contributed by atoms with Crippen molar-refractivity contribution < 1.29 is 9.90 Å². The maximum atomic E-state index is 12.4. The van der Waals surface area contributed by atoms with Gasteiger partial charge in [-0.05, 0) is 0 Å². The number of nitrogen functional groups attached to an aromatic ring is 1. The number of nitrogens with zero attached hydrogens (tertiary/aromatic N) is 4. The number of amides is 1. The Balaban J connectivity index is 1.86. The molecule has 1 fully saturated rings. The zero-order valence-corrected chi connectivity index (χ0v) is 11.8. The zero-order chi connectivity index (χ0) is 15.7. The predicted octanol–water partition coefficient (Wildman–Crippen LogP) is -2.51. The van der Waals surface area contributed by atoms with Crippen LogP contribution < -0.4 is 16.6 Å². The Hall–Kier alpha value is -2.46. The quantitative estimate of drug-likeness (QED) is 0.490. The van der Waals surface area contributed by atoms with Crippen molar-refractivity contribution in [2.24, 2.45) is 0 Å². The molecule has 3 heterocycles. The van der Waals surface area contributed by atoms with Crippen molar-refractivity contribution in [2.45, 2.75) is 12.6 Å². The molecule has 0 radical (unpaired) electrons. The van der Waals surface area contributed by atoms with Gasteiger partial charge in [-0.15, -0.1) is 0 Å². The van der Waals surface area contributed by atoms with Crippen LogP contribution in [0.5, 0.6) is 0 Å². The number of nitrogens with one attached hydrogen (secondary N) is 2. The van der Waals surface area contributed by atoms with E-state index < -0.39 is 5.56 Å². The third-order valence-corrected chi connectivity index (χ3v) is 3.68. The summed E-state index contributed by atoms with van der Waals surface area (Å²) in [5.41, 5.74) is 5.49. The average Bonchev–Trinajstić information content (AvgIpc) is 2.90. The van der Waals surface area contributed by atoms with E-state index in [0.29, 0.717) is 19.6 Å². The smallest absolute Gasteiger partial charge is 0.280 e. The molecule has 2 aromatic rings. The molecule has 0 aliphatic carbocycles. The van der Waals surface area contributed by atoms with Gasteiger partial charge in [-0.3, -0.25) is 14.6 Å². The molecular weight excluding hydrogens is 290 g/mol. The number of hydrogen-bond acceptors (Lipinski definition) is 7. The summed E-state index contributed by atoms with van der Waals surface area (Å²) in [4.78, 5) is 36.1. The van der Waals surface area contributed by atoms with E-state index in [4.69, 9.17) is 5.73 Å². The van der Waals surface area contributed by atoms with Gasteiger partial charge in [0, 0.05) is 19.6 Å².